The minimum absolute atomic E-state index is 0.00993. The minimum atomic E-state index is -2.61. The first-order valence-electron chi connectivity index (χ1n) is 7.31. The number of Topliss-reactive ketones (excluding diaryl/α,β-unsaturated/α-hetero) is 1. The lowest BCUT2D eigenvalue weighted by Crippen LogP contribution is -2.52. The molecule has 2 aliphatic heterocycles. The van der Waals surface area contributed by atoms with E-state index in [4.69, 9.17) is 4.74 Å². The topological polar surface area (TPSA) is 95.9 Å². The number of carbonyl (C=O) groups is 3. The molecule has 2 heterocycles. The van der Waals surface area contributed by atoms with E-state index in [2.05, 4.69) is 5.32 Å². The lowest BCUT2D eigenvalue weighted by Gasteiger charge is -2.22. The number of aliphatic hydroxyl groups is 1. The Morgan fingerprint density at radius 1 is 1.35 bits per heavy atom. The number of esters is 1. The standard InChI is InChI=1S/C16H16N2O5/c1-2-23-15(21)16(22)11(12(19)10-6-4-3-5-7-10)13-17-8-9-18(13)14(16)20/h3-7,17,22H,2,8-9H2,1H3. The largest absolute Gasteiger partial charge is 0.463 e. The summed E-state index contributed by atoms with van der Waals surface area (Å²) in [5.41, 5.74) is -2.60. The van der Waals surface area contributed by atoms with Crippen LogP contribution in [0.15, 0.2) is 41.7 Å². The van der Waals surface area contributed by atoms with Gasteiger partial charge in [0.15, 0.2) is 5.78 Å². The smallest absolute Gasteiger partial charge is 0.353 e. The van der Waals surface area contributed by atoms with Crippen molar-refractivity contribution in [2.45, 2.75) is 12.5 Å². The molecule has 7 nitrogen and oxygen atoms in total. The van der Waals surface area contributed by atoms with E-state index in [0.717, 1.165) is 0 Å². The Bertz CT molecular complexity index is 712. The third-order valence-electron chi connectivity index (χ3n) is 3.88. The molecule has 1 aromatic carbocycles. The van der Waals surface area contributed by atoms with E-state index < -0.39 is 23.3 Å². The molecule has 1 saturated heterocycles. The van der Waals surface area contributed by atoms with Crippen LogP contribution in [0.3, 0.4) is 0 Å². The highest BCUT2D eigenvalue weighted by atomic mass is 16.6. The maximum atomic E-state index is 12.8. The zero-order valence-corrected chi connectivity index (χ0v) is 12.5. The number of benzene rings is 1. The molecular weight excluding hydrogens is 300 g/mol. The van der Waals surface area contributed by atoms with Gasteiger partial charge in [-0.25, -0.2) is 4.79 Å². The van der Waals surface area contributed by atoms with E-state index in [-0.39, 0.29) is 30.1 Å². The number of hydrogen-bond donors (Lipinski definition) is 2. The van der Waals surface area contributed by atoms with Gasteiger partial charge in [-0.3, -0.25) is 14.5 Å². The quantitative estimate of drug-likeness (QED) is 0.454. The molecule has 1 atom stereocenters. The average molecular weight is 316 g/mol. The molecule has 1 fully saturated rings. The number of fused-ring (bicyclic) bond motifs is 1. The second-order valence-electron chi connectivity index (χ2n) is 5.23. The fraction of sp³-hybridized carbons (Fsp3) is 0.312. The van der Waals surface area contributed by atoms with Gasteiger partial charge in [-0.2, -0.15) is 0 Å². The molecule has 0 aliphatic carbocycles. The van der Waals surface area contributed by atoms with Crippen LogP contribution in [0.2, 0.25) is 0 Å². The molecule has 0 spiro atoms. The van der Waals surface area contributed by atoms with Crippen LogP contribution in [0.5, 0.6) is 0 Å². The SMILES string of the molecule is CCOC(=O)C1(O)C(=O)N2CCNC2=C1C(=O)c1ccccc1. The summed E-state index contributed by atoms with van der Waals surface area (Å²) >= 11 is 0. The van der Waals surface area contributed by atoms with Crippen molar-refractivity contribution in [3.63, 3.8) is 0 Å². The van der Waals surface area contributed by atoms with Gasteiger partial charge in [0.05, 0.1) is 12.2 Å². The molecule has 0 saturated carbocycles. The zero-order valence-electron chi connectivity index (χ0n) is 12.5. The minimum Gasteiger partial charge on any atom is -0.463 e. The number of ketones is 1. The summed E-state index contributed by atoms with van der Waals surface area (Å²) in [4.78, 5) is 38.8. The van der Waals surface area contributed by atoms with Crippen LogP contribution in [0.25, 0.3) is 0 Å². The van der Waals surface area contributed by atoms with Gasteiger partial charge in [0.25, 0.3) is 11.5 Å². The maximum absolute atomic E-state index is 12.8. The Hall–Kier alpha value is -2.67. The molecule has 7 heteroatoms. The second-order valence-corrected chi connectivity index (χ2v) is 5.23. The first kappa shape index (κ1) is 15.2. The molecule has 23 heavy (non-hydrogen) atoms. The maximum Gasteiger partial charge on any atom is 0.353 e. The van der Waals surface area contributed by atoms with Gasteiger partial charge in [0.2, 0.25) is 0 Å². The average Bonchev–Trinajstić information content (AvgIpc) is 3.10. The summed E-state index contributed by atoms with van der Waals surface area (Å²) in [5.74, 6) is -2.39. The van der Waals surface area contributed by atoms with Crippen LogP contribution in [-0.2, 0) is 14.3 Å². The third-order valence-corrected chi connectivity index (χ3v) is 3.88. The summed E-state index contributed by atoms with van der Waals surface area (Å²) < 4.78 is 4.83. The van der Waals surface area contributed by atoms with Gasteiger partial charge >= 0.3 is 5.97 Å². The lowest BCUT2D eigenvalue weighted by molar-refractivity contribution is -0.168. The van der Waals surface area contributed by atoms with Crippen LogP contribution in [0, 0.1) is 0 Å². The highest BCUT2D eigenvalue weighted by molar-refractivity contribution is 6.25. The Balaban J connectivity index is 2.13. The van der Waals surface area contributed by atoms with E-state index in [1.54, 1.807) is 37.3 Å². The predicted octanol–water partition coefficient (Wildman–Crippen LogP) is -0.180. The number of carbonyl (C=O) groups excluding carboxylic acids is 3. The van der Waals surface area contributed by atoms with Gasteiger partial charge in [0.1, 0.15) is 5.82 Å². The summed E-state index contributed by atoms with van der Waals surface area (Å²) in [5, 5.41) is 13.7. The molecule has 120 valence electrons. The first-order valence-corrected chi connectivity index (χ1v) is 7.31. The Morgan fingerprint density at radius 2 is 2.04 bits per heavy atom. The molecule has 0 radical (unpaired) electrons. The number of hydrogen-bond acceptors (Lipinski definition) is 6. The van der Waals surface area contributed by atoms with E-state index in [0.29, 0.717) is 6.54 Å². The van der Waals surface area contributed by atoms with Crippen molar-refractivity contribution in [2.24, 2.45) is 0 Å². The predicted molar refractivity (Wildman–Crippen MR) is 79.1 cm³/mol. The van der Waals surface area contributed by atoms with Crippen molar-refractivity contribution >= 4 is 17.7 Å². The number of nitrogens with zero attached hydrogens (tertiary/aromatic N) is 1. The van der Waals surface area contributed by atoms with Gasteiger partial charge < -0.3 is 15.2 Å². The summed E-state index contributed by atoms with van der Waals surface area (Å²) in [7, 11) is 0. The Labute approximate surface area is 132 Å². The van der Waals surface area contributed by atoms with Crippen molar-refractivity contribution in [1.29, 1.82) is 0 Å². The van der Waals surface area contributed by atoms with Crippen molar-refractivity contribution in [3.8, 4) is 0 Å². The zero-order chi connectivity index (χ0) is 16.6. The van der Waals surface area contributed by atoms with E-state index in [1.807, 2.05) is 0 Å². The Kier molecular flexibility index (Phi) is 3.65. The third kappa shape index (κ3) is 2.12. The number of amides is 1. The lowest BCUT2D eigenvalue weighted by atomic mass is 9.89. The highest BCUT2D eigenvalue weighted by Crippen LogP contribution is 2.37. The highest BCUT2D eigenvalue weighted by Gasteiger charge is 2.61. The molecule has 1 aromatic rings. The normalized spacial score (nSPS) is 22.9. The van der Waals surface area contributed by atoms with Crippen LogP contribution < -0.4 is 5.32 Å². The molecule has 3 rings (SSSR count). The number of rotatable bonds is 4. The molecule has 1 amide bonds. The first-order chi connectivity index (χ1) is 11.0. The van der Waals surface area contributed by atoms with Crippen LogP contribution in [0.1, 0.15) is 17.3 Å². The van der Waals surface area contributed by atoms with Gasteiger partial charge in [-0.1, -0.05) is 30.3 Å². The molecule has 1 unspecified atom stereocenters. The van der Waals surface area contributed by atoms with E-state index >= 15 is 0 Å². The molecule has 0 aromatic heterocycles. The Morgan fingerprint density at radius 3 is 2.70 bits per heavy atom. The van der Waals surface area contributed by atoms with Crippen LogP contribution >= 0.6 is 0 Å². The monoisotopic (exact) mass is 316 g/mol. The van der Waals surface area contributed by atoms with Gasteiger partial charge in [0, 0.05) is 18.7 Å². The molecule has 0 bridgehead atoms. The van der Waals surface area contributed by atoms with Gasteiger partial charge in [-0.05, 0) is 6.92 Å². The number of ether oxygens (including phenoxy) is 1. The molecular formula is C16H16N2O5. The molecule has 2 aliphatic rings. The van der Waals surface area contributed by atoms with E-state index in [9.17, 15) is 19.5 Å². The van der Waals surface area contributed by atoms with Crippen LogP contribution in [-0.4, -0.2) is 53.0 Å². The summed E-state index contributed by atoms with van der Waals surface area (Å²) in [6.07, 6.45) is 0. The van der Waals surface area contributed by atoms with E-state index in [1.165, 1.54) is 4.90 Å². The summed E-state index contributed by atoms with van der Waals surface area (Å²) in [6, 6.07) is 8.19. The van der Waals surface area contributed by atoms with Crippen molar-refractivity contribution in [2.75, 3.05) is 19.7 Å². The molecule has 2 N–H and O–H groups in total. The fourth-order valence-corrected chi connectivity index (χ4v) is 2.82. The van der Waals surface area contributed by atoms with Crippen LogP contribution in [0.4, 0.5) is 0 Å². The van der Waals surface area contributed by atoms with Crippen molar-refractivity contribution in [3.05, 3.63) is 47.3 Å². The second kappa shape index (κ2) is 5.51. The van der Waals surface area contributed by atoms with Crippen molar-refractivity contribution < 1.29 is 24.2 Å². The van der Waals surface area contributed by atoms with Crippen molar-refractivity contribution in [1.82, 2.24) is 10.2 Å². The fourth-order valence-electron chi connectivity index (χ4n) is 2.82. The summed E-state index contributed by atoms with van der Waals surface area (Å²) in [6.45, 7) is 2.28. The van der Waals surface area contributed by atoms with Gasteiger partial charge in [-0.15, -0.1) is 0 Å². The number of nitrogens with one attached hydrogen (secondary N) is 1.